The summed E-state index contributed by atoms with van der Waals surface area (Å²) in [6.45, 7) is 2.02. The van der Waals surface area contributed by atoms with E-state index in [2.05, 4.69) is 5.32 Å². The minimum absolute atomic E-state index is 0.115. The first-order valence-electron chi connectivity index (χ1n) is 7.28. The van der Waals surface area contributed by atoms with Gasteiger partial charge >= 0.3 is 0 Å². The first kappa shape index (κ1) is 14.8. The fourth-order valence-corrected chi connectivity index (χ4v) is 4.09. The third kappa shape index (κ3) is 4.76. The van der Waals surface area contributed by atoms with E-state index >= 15 is 0 Å². The normalized spacial score (nSPS) is 27.8. The van der Waals surface area contributed by atoms with Crippen LogP contribution in [-0.2, 0) is 14.6 Å². The Balaban J connectivity index is 1.76. The molecule has 1 atom stereocenters. The number of piperidine rings is 1. The highest BCUT2D eigenvalue weighted by molar-refractivity contribution is 7.91. The molecule has 2 aliphatic heterocycles. The molecule has 2 fully saturated rings. The standard InChI is InChI=1S/C13H24N2O3S/c16-13(6-5-12-4-1-2-7-14-12)15-8-3-10-19(17,18)11-9-15/h12,14H,1-11H2. The van der Waals surface area contributed by atoms with Gasteiger partial charge in [0, 0.05) is 25.6 Å². The van der Waals surface area contributed by atoms with Gasteiger partial charge in [-0.15, -0.1) is 0 Å². The maximum atomic E-state index is 12.1. The largest absolute Gasteiger partial charge is 0.342 e. The Morgan fingerprint density at radius 2 is 2.00 bits per heavy atom. The van der Waals surface area contributed by atoms with Crippen LogP contribution in [-0.4, -0.2) is 56.4 Å². The Labute approximate surface area is 115 Å². The molecule has 1 N–H and O–H groups in total. The van der Waals surface area contributed by atoms with Gasteiger partial charge in [0.05, 0.1) is 11.5 Å². The number of sulfone groups is 1. The van der Waals surface area contributed by atoms with E-state index in [1.807, 2.05) is 0 Å². The third-order valence-corrected chi connectivity index (χ3v) is 5.74. The van der Waals surface area contributed by atoms with Crippen LogP contribution in [0.1, 0.15) is 38.5 Å². The van der Waals surface area contributed by atoms with Crippen molar-refractivity contribution in [3.8, 4) is 0 Å². The molecule has 2 aliphatic rings. The summed E-state index contributed by atoms with van der Waals surface area (Å²) in [6, 6.07) is 0.466. The maximum absolute atomic E-state index is 12.1. The summed E-state index contributed by atoms with van der Waals surface area (Å²) in [4.78, 5) is 13.8. The molecule has 0 aliphatic carbocycles. The van der Waals surface area contributed by atoms with Crippen LogP contribution in [0.5, 0.6) is 0 Å². The molecule has 2 saturated heterocycles. The van der Waals surface area contributed by atoms with E-state index in [1.165, 1.54) is 12.8 Å². The molecule has 1 unspecified atom stereocenters. The van der Waals surface area contributed by atoms with Gasteiger partial charge in [-0.25, -0.2) is 8.42 Å². The molecule has 5 nitrogen and oxygen atoms in total. The Morgan fingerprint density at radius 1 is 1.16 bits per heavy atom. The zero-order valence-electron chi connectivity index (χ0n) is 11.4. The number of carbonyl (C=O) groups excluding carboxylic acids is 1. The smallest absolute Gasteiger partial charge is 0.222 e. The molecule has 0 aromatic heterocycles. The van der Waals surface area contributed by atoms with E-state index in [4.69, 9.17) is 0 Å². The van der Waals surface area contributed by atoms with Gasteiger partial charge < -0.3 is 10.2 Å². The fraction of sp³-hybridized carbons (Fsp3) is 0.923. The number of nitrogens with one attached hydrogen (secondary N) is 1. The highest BCUT2D eigenvalue weighted by Crippen LogP contribution is 2.13. The third-order valence-electron chi connectivity index (χ3n) is 4.03. The molecule has 0 bridgehead atoms. The van der Waals surface area contributed by atoms with E-state index in [0.29, 0.717) is 32.0 Å². The van der Waals surface area contributed by atoms with Gasteiger partial charge in [-0.3, -0.25) is 4.79 Å². The van der Waals surface area contributed by atoms with Crippen molar-refractivity contribution in [3.63, 3.8) is 0 Å². The molecule has 0 aromatic carbocycles. The predicted molar refractivity (Wildman–Crippen MR) is 74.7 cm³/mol. The van der Waals surface area contributed by atoms with E-state index in [9.17, 15) is 13.2 Å². The van der Waals surface area contributed by atoms with Gasteiger partial charge in [0.1, 0.15) is 0 Å². The molecule has 2 rings (SSSR count). The lowest BCUT2D eigenvalue weighted by Crippen LogP contribution is -2.37. The quantitative estimate of drug-likeness (QED) is 0.824. The van der Waals surface area contributed by atoms with Crippen molar-refractivity contribution >= 4 is 15.7 Å². The van der Waals surface area contributed by atoms with Gasteiger partial charge in [-0.1, -0.05) is 6.42 Å². The second kappa shape index (κ2) is 6.70. The van der Waals surface area contributed by atoms with Crippen molar-refractivity contribution in [2.24, 2.45) is 0 Å². The molecule has 0 aromatic rings. The molecule has 0 radical (unpaired) electrons. The highest BCUT2D eigenvalue weighted by Gasteiger charge is 2.23. The Kier molecular flexibility index (Phi) is 5.21. The number of rotatable bonds is 3. The summed E-state index contributed by atoms with van der Waals surface area (Å²) in [7, 11) is -2.93. The molecule has 1 amide bonds. The van der Waals surface area contributed by atoms with Crippen LogP contribution in [0.15, 0.2) is 0 Å². The molecular formula is C13H24N2O3S. The van der Waals surface area contributed by atoms with Gasteiger partial charge in [-0.2, -0.15) is 0 Å². The Hall–Kier alpha value is -0.620. The lowest BCUT2D eigenvalue weighted by molar-refractivity contribution is -0.131. The van der Waals surface area contributed by atoms with E-state index in [-0.39, 0.29) is 17.4 Å². The van der Waals surface area contributed by atoms with Gasteiger partial charge in [0.15, 0.2) is 9.84 Å². The van der Waals surface area contributed by atoms with Gasteiger partial charge in [0.25, 0.3) is 0 Å². The first-order valence-corrected chi connectivity index (χ1v) is 9.10. The number of hydrogen-bond acceptors (Lipinski definition) is 4. The van der Waals surface area contributed by atoms with Crippen molar-refractivity contribution in [2.45, 2.75) is 44.6 Å². The lowest BCUT2D eigenvalue weighted by Gasteiger charge is -2.25. The minimum atomic E-state index is -2.93. The first-order chi connectivity index (χ1) is 9.07. The number of nitrogens with zero attached hydrogens (tertiary/aromatic N) is 1. The highest BCUT2D eigenvalue weighted by atomic mass is 32.2. The van der Waals surface area contributed by atoms with E-state index in [0.717, 1.165) is 19.4 Å². The Morgan fingerprint density at radius 3 is 2.74 bits per heavy atom. The molecule has 110 valence electrons. The molecule has 6 heteroatoms. The van der Waals surface area contributed by atoms with Crippen LogP contribution in [0.3, 0.4) is 0 Å². The number of amides is 1. The summed E-state index contributed by atoms with van der Waals surface area (Å²) in [5.41, 5.74) is 0. The van der Waals surface area contributed by atoms with Crippen molar-refractivity contribution in [1.29, 1.82) is 0 Å². The predicted octanol–water partition coefficient (Wildman–Crippen LogP) is 0.556. The average Bonchev–Trinajstić information content (AvgIpc) is 2.58. The SMILES string of the molecule is O=C(CCC1CCCCN1)N1CCCS(=O)(=O)CC1. The van der Waals surface area contributed by atoms with Crippen LogP contribution in [0.25, 0.3) is 0 Å². The van der Waals surface area contributed by atoms with Gasteiger partial charge in [-0.05, 0) is 32.2 Å². The summed E-state index contributed by atoms with van der Waals surface area (Å²) in [6.07, 6.45) is 5.62. The maximum Gasteiger partial charge on any atom is 0.222 e. The minimum Gasteiger partial charge on any atom is -0.342 e. The molecule has 0 spiro atoms. The summed E-state index contributed by atoms with van der Waals surface area (Å²) >= 11 is 0. The average molecular weight is 288 g/mol. The monoisotopic (exact) mass is 288 g/mol. The molecule has 2 heterocycles. The van der Waals surface area contributed by atoms with Crippen LogP contribution in [0.4, 0.5) is 0 Å². The molecule has 0 saturated carbocycles. The zero-order chi connectivity index (χ0) is 13.7. The van der Waals surface area contributed by atoms with Crippen LogP contribution < -0.4 is 5.32 Å². The summed E-state index contributed by atoms with van der Waals surface area (Å²) in [5, 5.41) is 3.44. The second-order valence-electron chi connectivity index (χ2n) is 5.57. The van der Waals surface area contributed by atoms with Crippen LogP contribution in [0, 0.1) is 0 Å². The number of carbonyl (C=O) groups is 1. The van der Waals surface area contributed by atoms with Crippen LogP contribution >= 0.6 is 0 Å². The molecular weight excluding hydrogens is 264 g/mol. The van der Waals surface area contributed by atoms with E-state index in [1.54, 1.807) is 4.90 Å². The van der Waals surface area contributed by atoms with Crippen molar-refractivity contribution < 1.29 is 13.2 Å². The van der Waals surface area contributed by atoms with Crippen molar-refractivity contribution in [2.75, 3.05) is 31.1 Å². The van der Waals surface area contributed by atoms with E-state index < -0.39 is 9.84 Å². The fourth-order valence-electron chi connectivity index (χ4n) is 2.81. The summed E-state index contributed by atoms with van der Waals surface area (Å²) in [5.74, 6) is 0.464. The lowest BCUT2D eigenvalue weighted by atomic mass is 10.0. The summed E-state index contributed by atoms with van der Waals surface area (Å²) < 4.78 is 23.0. The topological polar surface area (TPSA) is 66.5 Å². The van der Waals surface area contributed by atoms with Crippen molar-refractivity contribution in [1.82, 2.24) is 10.2 Å². The van der Waals surface area contributed by atoms with Crippen molar-refractivity contribution in [3.05, 3.63) is 0 Å². The van der Waals surface area contributed by atoms with Gasteiger partial charge in [0.2, 0.25) is 5.91 Å². The molecule has 19 heavy (non-hydrogen) atoms. The zero-order valence-corrected chi connectivity index (χ0v) is 12.3. The Bertz CT molecular complexity index is 402. The number of hydrogen-bond donors (Lipinski definition) is 1. The second-order valence-corrected chi connectivity index (χ2v) is 7.88. The van der Waals surface area contributed by atoms with Crippen LogP contribution in [0.2, 0.25) is 0 Å².